The molecule has 0 bridgehead atoms. The van der Waals surface area contributed by atoms with Gasteiger partial charge in [-0.15, -0.1) is 12.1 Å². The molecule has 0 aliphatic carbocycles. The third-order valence-electron chi connectivity index (χ3n) is 6.99. The zero-order chi connectivity index (χ0) is 30.9. The molecule has 0 saturated carbocycles. The molecule has 2 fully saturated rings. The van der Waals surface area contributed by atoms with Crippen molar-refractivity contribution in [2.24, 2.45) is 0 Å². The predicted molar refractivity (Wildman–Crippen MR) is 185 cm³/mol. The summed E-state index contributed by atoms with van der Waals surface area (Å²) < 4.78 is 0.484. The Labute approximate surface area is 286 Å². The van der Waals surface area contributed by atoms with Crippen molar-refractivity contribution in [3.63, 3.8) is 0 Å². The molecule has 2 aromatic heterocycles. The van der Waals surface area contributed by atoms with Gasteiger partial charge in [-0.1, -0.05) is 43.8 Å². The molecule has 0 atom stereocenters. The fourth-order valence-corrected chi connectivity index (χ4v) is 4.94. The van der Waals surface area contributed by atoms with Crippen LogP contribution in [0.1, 0.15) is 62.6 Å². The Bertz CT molecular complexity index is 1460. The second-order valence-corrected chi connectivity index (χ2v) is 11.0. The SMILES string of the molecule is C.O=c1[nH]c(N2CCCCC2)ncc1Br.O=c1[nH]c(N2CCCCC2)ncc1Cc1ccccc1.[CH2-]c1ccccc1.[Zn+][Br]. The van der Waals surface area contributed by atoms with E-state index < -0.39 is 0 Å². The summed E-state index contributed by atoms with van der Waals surface area (Å²) in [5.74, 6) is 1.41. The van der Waals surface area contributed by atoms with E-state index in [2.05, 4.69) is 66.2 Å². The number of benzene rings is 2. The average Bonchev–Trinajstić information content (AvgIpc) is 3.06. The molecule has 0 radical (unpaired) electrons. The fourth-order valence-electron chi connectivity index (χ4n) is 4.73. The number of aromatic amines is 2. The van der Waals surface area contributed by atoms with Crippen molar-refractivity contribution < 1.29 is 16.3 Å². The maximum atomic E-state index is 12.2. The van der Waals surface area contributed by atoms with Crippen molar-refractivity contribution in [2.75, 3.05) is 36.0 Å². The van der Waals surface area contributed by atoms with Crippen LogP contribution < -0.4 is 20.9 Å². The molecule has 2 aliphatic heterocycles. The van der Waals surface area contributed by atoms with Crippen LogP contribution in [0.15, 0.2) is 87.1 Å². The van der Waals surface area contributed by atoms with Gasteiger partial charge in [0.25, 0.3) is 11.1 Å². The fraction of sp³-hybridized carbons (Fsp3) is 0.364. The van der Waals surface area contributed by atoms with Crippen molar-refractivity contribution in [3.05, 3.63) is 122 Å². The zero-order valence-corrected chi connectivity index (χ0v) is 30.6. The molecule has 8 nitrogen and oxygen atoms in total. The van der Waals surface area contributed by atoms with Crippen molar-refractivity contribution in [3.8, 4) is 0 Å². The Kier molecular flexibility index (Phi) is 17.9. The van der Waals surface area contributed by atoms with E-state index in [0.717, 1.165) is 42.9 Å². The molecule has 44 heavy (non-hydrogen) atoms. The Morgan fingerprint density at radius 3 is 1.59 bits per heavy atom. The minimum absolute atomic E-state index is 0. The molecule has 11 heteroatoms. The van der Waals surface area contributed by atoms with Crippen LogP contribution in [-0.2, 0) is 22.8 Å². The summed E-state index contributed by atoms with van der Waals surface area (Å²) >= 11 is 7.38. The topological polar surface area (TPSA) is 98.0 Å². The monoisotopic (exact) mass is 776 g/mol. The molecule has 2 aromatic carbocycles. The quantitative estimate of drug-likeness (QED) is 0.168. The first-order valence-corrected chi connectivity index (χ1v) is 22.2. The van der Waals surface area contributed by atoms with Crippen molar-refractivity contribution in [1.29, 1.82) is 0 Å². The Hall–Kier alpha value is -2.75. The van der Waals surface area contributed by atoms with Crippen molar-refractivity contribution >= 4 is 41.4 Å². The van der Waals surface area contributed by atoms with Gasteiger partial charge in [-0.05, 0) is 60.0 Å². The molecular weight excluding hydrogens is 738 g/mol. The molecule has 6 rings (SSSR count). The van der Waals surface area contributed by atoms with Gasteiger partial charge in [-0.25, -0.2) is 9.97 Å². The summed E-state index contributed by atoms with van der Waals surface area (Å²) in [7, 11) is 0. The Morgan fingerprint density at radius 2 is 1.16 bits per heavy atom. The van der Waals surface area contributed by atoms with Crippen LogP contribution in [0.2, 0.25) is 0 Å². The number of nitrogens with one attached hydrogen (secondary N) is 2. The number of piperidine rings is 2. The van der Waals surface area contributed by atoms with Gasteiger partial charge >= 0.3 is 30.0 Å². The van der Waals surface area contributed by atoms with E-state index in [4.69, 9.17) is 0 Å². The number of hydrogen-bond donors (Lipinski definition) is 2. The second-order valence-electron chi connectivity index (χ2n) is 10.2. The first-order valence-electron chi connectivity index (χ1n) is 14.5. The van der Waals surface area contributed by atoms with E-state index in [1.807, 2.05) is 60.7 Å². The number of rotatable bonds is 4. The normalized spacial score (nSPS) is 13.9. The van der Waals surface area contributed by atoms with E-state index in [1.165, 1.54) is 54.9 Å². The molecule has 2 aliphatic rings. The second kappa shape index (κ2) is 21.1. The van der Waals surface area contributed by atoms with Crippen LogP contribution in [0.4, 0.5) is 11.9 Å². The Balaban J connectivity index is 0.000000244. The summed E-state index contributed by atoms with van der Waals surface area (Å²) in [6, 6.07) is 19.9. The Morgan fingerprint density at radius 1 is 0.705 bits per heavy atom. The summed E-state index contributed by atoms with van der Waals surface area (Å²) in [6.45, 7) is 7.68. The third-order valence-corrected chi connectivity index (χ3v) is 7.56. The minimum atomic E-state index is -0.111. The zero-order valence-electron chi connectivity index (χ0n) is 24.5. The van der Waals surface area contributed by atoms with Crippen LogP contribution in [0.5, 0.6) is 0 Å². The number of anilines is 2. The van der Waals surface area contributed by atoms with Crippen LogP contribution in [0, 0.1) is 6.92 Å². The number of halogens is 2. The van der Waals surface area contributed by atoms with Crippen LogP contribution in [-0.4, -0.2) is 46.1 Å². The van der Waals surface area contributed by atoms with E-state index in [1.54, 1.807) is 12.4 Å². The number of nitrogens with zero attached hydrogens (tertiary/aromatic N) is 4. The van der Waals surface area contributed by atoms with Gasteiger partial charge in [-0.2, -0.15) is 24.6 Å². The van der Waals surface area contributed by atoms with E-state index in [9.17, 15) is 9.59 Å². The van der Waals surface area contributed by atoms with Gasteiger partial charge in [0, 0.05) is 44.4 Å². The van der Waals surface area contributed by atoms with Gasteiger partial charge in [0.1, 0.15) is 4.47 Å². The van der Waals surface area contributed by atoms with Crippen LogP contribution in [0.25, 0.3) is 0 Å². The van der Waals surface area contributed by atoms with E-state index in [0.29, 0.717) is 22.8 Å². The summed E-state index contributed by atoms with van der Waals surface area (Å²) in [4.78, 5) is 42.1. The summed E-state index contributed by atoms with van der Waals surface area (Å²) in [5.41, 5.74) is 2.79. The average molecular weight is 780 g/mol. The third kappa shape index (κ3) is 12.7. The van der Waals surface area contributed by atoms with Gasteiger partial charge < -0.3 is 9.80 Å². The van der Waals surface area contributed by atoms with Crippen LogP contribution in [0.3, 0.4) is 0 Å². The molecule has 232 valence electrons. The first kappa shape index (κ1) is 37.4. The predicted octanol–water partition coefficient (Wildman–Crippen LogP) is 7.22. The van der Waals surface area contributed by atoms with Crippen LogP contribution >= 0.6 is 29.6 Å². The molecule has 2 saturated heterocycles. The molecule has 2 N–H and O–H groups in total. The molecule has 0 spiro atoms. The number of aromatic nitrogens is 4. The first-order chi connectivity index (χ1) is 21.0. The summed E-state index contributed by atoms with van der Waals surface area (Å²) in [6.07, 6.45) is 11.2. The van der Waals surface area contributed by atoms with Crippen molar-refractivity contribution in [1.82, 2.24) is 19.9 Å². The molecular formula is C33H42Br2N6O2Zn. The van der Waals surface area contributed by atoms with Gasteiger partial charge in [-0.3, -0.25) is 19.6 Å². The number of hydrogen-bond acceptors (Lipinski definition) is 6. The van der Waals surface area contributed by atoms with E-state index >= 15 is 0 Å². The maximum absolute atomic E-state index is 12.2. The van der Waals surface area contributed by atoms with E-state index in [-0.39, 0.29) is 18.5 Å². The standard InChI is InChI=1S/C16H19N3O.C9H12BrN3O.C7H7.CH4.BrH.Zn/c20-15-14(11-13-7-3-1-4-8-13)12-17-16(18-15)19-9-5-2-6-10-19;10-7-6-11-9(12-8(7)14)13-4-2-1-3-5-13;1-7-5-3-2-4-6-7;;;/h1,3-4,7-8,12H,2,5-6,9-11H2,(H,17,18,20);6H,1-5H2,(H,11,12,14);2-6H,1H2;1H4;1H;/q;;-1;;;+2/p-1. The summed E-state index contributed by atoms with van der Waals surface area (Å²) in [5, 5.41) is 0. The van der Waals surface area contributed by atoms with Gasteiger partial charge in [0.15, 0.2) is 0 Å². The number of H-pyrrole nitrogens is 2. The molecule has 4 heterocycles. The van der Waals surface area contributed by atoms with Crippen molar-refractivity contribution in [2.45, 2.75) is 52.4 Å². The van der Waals surface area contributed by atoms with Gasteiger partial charge in [0.05, 0.1) is 6.20 Å². The van der Waals surface area contributed by atoms with Gasteiger partial charge in [0.2, 0.25) is 11.9 Å². The molecule has 0 amide bonds. The molecule has 4 aromatic rings. The molecule has 0 unspecified atom stereocenters.